The maximum Gasteiger partial charge on any atom is 0.264 e. The van der Waals surface area contributed by atoms with Crippen molar-refractivity contribution < 1.29 is 27.2 Å². The average molecular weight is 316 g/mol. The molecule has 21 heavy (non-hydrogen) atoms. The van der Waals surface area contributed by atoms with Crippen LogP contribution in [0.1, 0.15) is 30.9 Å². The molecule has 0 amide bonds. The number of phenols is 1. The Labute approximate surface area is 124 Å². The molecule has 0 aromatic heterocycles. The van der Waals surface area contributed by atoms with Crippen LogP contribution < -0.4 is 0 Å². The van der Waals surface area contributed by atoms with E-state index in [1.54, 1.807) is 12.1 Å². The summed E-state index contributed by atoms with van der Waals surface area (Å²) in [6.07, 6.45) is 2.75. The highest BCUT2D eigenvalue weighted by atomic mass is 32.2. The Kier molecular flexibility index (Phi) is 5.58. The fourth-order valence-corrected chi connectivity index (χ4v) is 2.50. The molecule has 1 aliphatic heterocycles. The fourth-order valence-electron chi connectivity index (χ4n) is 2.13. The molecule has 2 rings (SSSR count). The zero-order valence-corrected chi connectivity index (χ0v) is 12.7. The third-order valence-corrected chi connectivity index (χ3v) is 3.69. The van der Waals surface area contributed by atoms with E-state index in [1.165, 1.54) is 12.1 Å². The van der Waals surface area contributed by atoms with Gasteiger partial charge in [0, 0.05) is 6.61 Å². The monoisotopic (exact) mass is 316 g/mol. The number of phenolic OH excluding ortho intramolecular Hbond substituents is 1. The SMILES string of the molecule is CS(=O)(=O)OCC(OC1CCCCO1)c1cccc(O)c1. The Morgan fingerprint density at radius 1 is 1.43 bits per heavy atom. The van der Waals surface area contributed by atoms with Crippen LogP contribution in [0.3, 0.4) is 0 Å². The van der Waals surface area contributed by atoms with Crippen molar-refractivity contribution in [1.82, 2.24) is 0 Å². The lowest BCUT2D eigenvalue weighted by Gasteiger charge is -2.27. The van der Waals surface area contributed by atoms with Crippen LogP contribution in [0, 0.1) is 0 Å². The van der Waals surface area contributed by atoms with E-state index in [9.17, 15) is 13.5 Å². The zero-order valence-electron chi connectivity index (χ0n) is 11.9. The molecule has 0 bridgehead atoms. The molecule has 1 aromatic rings. The Morgan fingerprint density at radius 2 is 2.24 bits per heavy atom. The van der Waals surface area contributed by atoms with E-state index in [1.807, 2.05) is 0 Å². The van der Waals surface area contributed by atoms with Gasteiger partial charge in [-0.1, -0.05) is 12.1 Å². The molecule has 1 fully saturated rings. The highest BCUT2D eigenvalue weighted by Gasteiger charge is 2.23. The van der Waals surface area contributed by atoms with Crippen molar-refractivity contribution in [3.63, 3.8) is 0 Å². The lowest BCUT2D eigenvalue weighted by molar-refractivity contribution is -0.195. The highest BCUT2D eigenvalue weighted by Crippen LogP contribution is 2.26. The summed E-state index contributed by atoms with van der Waals surface area (Å²) in [5.41, 5.74) is 0.646. The molecule has 118 valence electrons. The Hall–Kier alpha value is -1.15. The molecule has 1 N–H and O–H groups in total. The van der Waals surface area contributed by atoms with Crippen LogP contribution in [0.4, 0.5) is 0 Å². The van der Waals surface area contributed by atoms with E-state index in [0.29, 0.717) is 12.2 Å². The molecule has 1 aliphatic rings. The van der Waals surface area contributed by atoms with Crippen LogP contribution in [-0.4, -0.2) is 39.3 Å². The largest absolute Gasteiger partial charge is 0.508 e. The van der Waals surface area contributed by atoms with Crippen molar-refractivity contribution in [2.24, 2.45) is 0 Å². The molecule has 2 atom stereocenters. The van der Waals surface area contributed by atoms with Crippen LogP contribution in [0.5, 0.6) is 5.75 Å². The number of hydrogen-bond donors (Lipinski definition) is 1. The predicted octanol–water partition coefficient (Wildman–Crippen LogP) is 1.95. The molecule has 0 spiro atoms. The van der Waals surface area contributed by atoms with Crippen LogP contribution in [0.25, 0.3) is 0 Å². The molecule has 7 heteroatoms. The van der Waals surface area contributed by atoms with Crippen molar-refractivity contribution in [1.29, 1.82) is 0 Å². The normalized spacial score (nSPS) is 21.1. The number of benzene rings is 1. The van der Waals surface area contributed by atoms with Crippen molar-refractivity contribution in [3.8, 4) is 5.75 Å². The van der Waals surface area contributed by atoms with Gasteiger partial charge in [-0.3, -0.25) is 4.18 Å². The van der Waals surface area contributed by atoms with E-state index in [-0.39, 0.29) is 18.6 Å². The first-order valence-corrected chi connectivity index (χ1v) is 8.66. The molecule has 0 radical (unpaired) electrons. The minimum Gasteiger partial charge on any atom is -0.508 e. The third kappa shape index (κ3) is 5.62. The second-order valence-electron chi connectivity index (χ2n) is 5.00. The predicted molar refractivity (Wildman–Crippen MR) is 76.3 cm³/mol. The average Bonchev–Trinajstić information content (AvgIpc) is 2.43. The molecular formula is C14H20O6S. The van der Waals surface area contributed by atoms with Crippen molar-refractivity contribution in [2.75, 3.05) is 19.5 Å². The molecule has 2 unspecified atom stereocenters. The molecule has 1 saturated heterocycles. The van der Waals surface area contributed by atoms with E-state index in [0.717, 1.165) is 25.5 Å². The Bertz CT molecular complexity index is 550. The zero-order chi connectivity index (χ0) is 15.3. The van der Waals surface area contributed by atoms with Gasteiger partial charge < -0.3 is 14.6 Å². The lowest BCUT2D eigenvalue weighted by atomic mass is 10.1. The van der Waals surface area contributed by atoms with Gasteiger partial charge in [0.25, 0.3) is 10.1 Å². The summed E-state index contributed by atoms with van der Waals surface area (Å²) in [5, 5.41) is 9.55. The molecular weight excluding hydrogens is 296 g/mol. The van der Waals surface area contributed by atoms with Crippen LogP contribution in [0.15, 0.2) is 24.3 Å². The summed E-state index contributed by atoms with van der Waals surface area (Å²) in [6, 6.07) is 6.48. The van der Waals surface area contributed by atoms with Crippen molar-refractivity contribution in [2.45, 2.75) is 31.7 Å². The third-order valence-electron chi connectivity index (χ3n) is 3.13. The second-order valence-corrected chi connectivity index (χ2v) is 6.65. The van der Waals surface area contributed by atoms with Gasteiger partial charge in [-0.2, -0.15) is 8.42 Å². The minimum atomic E-state index is -3.56. The Balaban J connectivity index is 2.09. The van der Waals surface area contributed by atoms with E-state index < -0.39 is 16.2 Å². The maximum absolute atomic E-state index is 11.2. The van der Waals surface area contributed by atoms with Gasteiger partial charge in [-0.25, -0.2) is 0 Å². The summed E-state index contributed by atoms with van der Waals surface area (Å²) in [5.74, 6) is 0.0880. The van der Waals surface area contributed by atoms with Crippen molar-refractivity contribution >= 4 is 10.1 Å². The summed E-state index contributed by atoms with van der Waals surface area (Å²) in [4.78, 5) is 0. The first-order chi connectivity index (χ1) is 9.94. The smallest absolute Gasteiger partial charge is 0.264 e. The number of rotatable bonds is 6. The molecule has 6 nitrogen and oxygen atoms in total. The van der Waals surface area contributed by atoms with Crippen LogP contribution in [0.2, 0.25) is 0 Å². The first-order valence-electron chi connectivity index (χ1n) is 6.84. The standard InChI is InChI=1S/C14H20O6S/c1-21(16,17)19-10-13(11-5-4-6-12(15)9-11)20-14-7-2-3-8-18-14/h4-6,9,13-15H,2-3,7-8,10H2,1H3. The van der Waals surface area contributed by atoms with E-state index >= 15 is 0 Å². The molecule has 1 aromatic carbocycles. The van der Waals surface area contributed by atoms with Gasteiger partial charge in [-0.15, -0.1) is 0 Å². The topological polar surface area (TPSA) is 82.1 Å². The highest BCUT2D eigenvalue weighted by molar-refractivity contribution is 7.85. The first kappa shape index (κ1) is 16.2. The van der Waals surface area contributed by atoms with E-state index in [4.69, 9.17) is 13.7 Å². The van der Waals surface area contributed by atoms with Gasteiger partial charge >= 0.3 is 0 Å². The van der Waals surface area contributed by atoms with Gasteiger partial charge in [0.05, 0.1) is 12.9 Å². The summed E-state index contributed by atoms with van der Waals surface area (Å²) in [7, 11) is -3.56. The maximum atomic E-state index is 11.2. The van der Waals surface area contributed by atoms with Gasteiger partial charge in [-0.05, 0) is 37.0 Å². The quantitative estimate of drug-likeness (QED) is 0.808. The molecule has 0 saturated carbocycles. The van der Waals surface area contributed by atoms with E-state index in [2.05, 4.69) is 0 Å². The Morgan fingerprint density at radius 3 is 2.86 bits per heavy atom. The minimum absolute atomic E-state index is 0.0880. The van der Waals surface area contributed by atoms with Crippen LogP contribution >= 0.6 is 0 Å². The number of hydrogen-bond acceptors (Lipinski definition) is 6. The lowest BCUT2D eigenvalue weighted by Crippen LogP contribution is -2.26. The van der Waals surface area contributed by atoms with Gasteiger partial charge in [0.15, 0.2) is 6.29 Å². The summed E-state index contributed by atoms with van der Waals surface area (Å²) in [6.45, 7) is 0.479. The number of ether oxygens (including phenoxy) is 2. The van der Waals surface area contributed by atoms with Gasteiger partial charge in [0.1, 0.15) is 11.9 Å². The van der Waals surface area contributed by atoms with Crippen LogP contribution in [-0.2, 0) is 23.8 Å². The number of aromatic hydroxyl groups is 1. The second kappa shape index (κ2) is 7.22. The summed E-state index contributed by atoms with van der Waals surface area (Å²) < 4.78 is 38.5. The van der Waals surface area contributed by atoms with Crippen molar-refractivity contribution in [3.05, 3.63) is 29.8 Å². The molecule has 1 heterocycles. The fraction of sp³-hybridized carbons (Fsp3) is 0.571. The molecule has 0 aliphatic carbocycles. The van der Waals surface area contributed by atoms with Gasteiger partial charge in [0.2, 0.25) is 0 Å². The summed E-state index contributed by atoms with van der Waals surface area (Å²) >= 11 is 0.